The van der Waals surface area contributed by atoms with E-state index in [0.29, 0.717) is 22.5 Å². The molecule has 1 N–H and O–H groups in total. The first kappa shape index (κ1) is 25.1. The van der Waals surface area contributed by atoms with Gasteiger partial charge in [0.1, 0.15) is 0 Å². The number of nitrogens with one attached hydrogen (secondary N) is 1. The van der Waals surface area contributed by atoms with Gasteiger partial charge < -0.3 is 19.7 Å². The number of halogens is 1. The van der Waals surface area contributed by atoms with Crippen molar-refractivity contribution in [2.45, 2.75) is 29.3 Å². The van der Waals surface area contributed by atoms with E-state index in [-0.39, 0.29) is 6.04 Å². The number of fused-ring (bicyclic) bond motifs is 1. The number of nitrogens with zero attached hydrogens (tertiary/aromatic N) is 3. The van der Waals surface area contributed by atoms with E-state index in [9.17, 15) is 0 Å². The Balaban J connectivity index is 1.61. The molecule has 0 aliphatic heterocycles. The van der Waals surface area contributed by atoms with Crippen molar-refractivity contribution in [1.29, 1.82) is 0 Å². The largest absolute Gasteiger partial charge is 0.493 e. The molecule has 182 valence electrons. The number of methoxy groups -OCH3 is 2. The summed E-state index contributed by atoms with van der Waals surface area (Å²) in [6.45, 7) is 3.00. The van der Waals surface area contributed by atoms with E-state index in [2.05, 4.69) is 90.0 Å². The quantitative estimate of drug-likeness (QED) is 0.270. The fourth-order valence-electron chi connectivity index (χ4n) is 3.89. The molecule has 0 saturated carbocycles. The van der Waals surface area contributed by atoms with Crippen LogP contribution in [-0.2, 0) is 6.54 Å². The first-order chi connectivity index (χ1) is 16.9. The third-order valence-electron chi connectivity index (χ3n) is 5.64. The van der Waals surface area contributed by atoms with Gasteiger partial charge in [-0.1, -0.05) is 53.7 Å². The monoisotopic (exact) mass is 508 g/mol. The minimum absolute atomic E-state index is 0.0145. The molecule has 6 nitrogen and oxygen atoms in total. The molecule has 1 aromatic heterocycles. The lowest BCUT2D eigenvalue weighted by Gasteiger charge is -2.18. The van der Waals surface area contributed by atoms with Crippen LogP contribution in [0.3, 0.4) is 0 Å². The minimum atomic E-state index is -0.0145. The Labute approximate surface area is 215 Å². The highest BCUT2D eigenvalue weighted by molar-refractivity contribution is 7.99. The van der Waals surface area contributed by atoms with Crippen molar-refractivity contribution in [3.8, 4) is 11.5 Å². The summed E-state index contributed by atoms with van der Waals surface area (Å²) in [5, 5.41) is 13.9. The Hall–Kier alpha value is -3.00. The maximum atomic E-state index is 6.35. The van der Waals surface area contributed by atoms with Gasteiger partial charge in [0, 0.05) is 27.1 Å². The summed E-state index contributed by atoms with van der Waals surface area (Å²) in [5.41, 5.74) is 2.46. The van der Waals surface area contributed by atoms with Crippen molar-refractivity contribution in [3.63, 3.8) is 0 Å². The second-order valence-corrected chi connectivity index (χ2v) is 9.95. The highest BCUT2D eigenvalue weighted by Gasteiger charge is 2.16. The lowest BCUT2D eigenvalue weighted by Crippen LogP contribution is -2.11. The highest BCUT2D eigenvalue weighted by atomic mass is 35.5. The Morgan fingerprint density at radius 1 is 0.943 bits per heavy atom. The van der Waals surface area contributed by atoms with E-state index >= 15 is 0 Å². The van der Waals surface area contributed by atoms with Gasteiger partial charge in [0.25, 0.3) is 0 Å². The zero-order valence-electron chi connectivity index (χ0n) is 20.5. The van der Waals surface area contributed by atoms with E-state index in [1.165, 1.54) is 15.4 Å². The normalized spacial score (nSPS) is 12.1. The van der Waals surface area contributed by atoms with Crippen LogP contribution in [-0.4, -0.2) is 43.4 Å². The van der Waals surface area contributed by atoms with Crippen LogP contribution in [0, 0.1) is 0 Å². The number of hydrogen-bond acceptors (Lipinski definition) is 7. The number of ether oxygens (including phenoxy) is 2. The van der Waals surface area contributed by atoms with Crippen LogP contribution >= 0.6 is 23.4 Å². The molecule has 4 rings (SSSR count). The van der Waals surface area contributed by atoms with Crippen LogP contribution < -0.4 is 14.8 Å². The number of rotatable bonds is 9. The fourth-order valence-corrected chi connectivity index (χ4v) is 5.09. The van der Waals surface area contributed by atoms with Gasteiger partial charge in [-0.2, -0.15) is 0 Å². The van der Waals surface area contributed by atoms with Gasteiger partial charge in [-0.25, -0.2) is 0 Å². The van der Waals surface area contributed by atoms with Crippen molar-refractivity contribution >= 4 is 40.0 Å². The molecular formula is C27H29ClN4O2S. The molecule has 0 bridgehead atoms. The van der Waals surface area contributed by atoms with Gasteiger partial charge in [0.05, 0.1) is 20.3 Å². The number of anilines is 1. The summed E-state index contributed by atoms with van der Waals surface area (Å²) in [6, 6.07) is 20.8. The lowest BCUT2D eigenvalue weighted by molar-refractivity contribution is 0.356. The second kappa shape index (κ2) is 11.2. The van der Waals surface area contributed by atoms with Gasteiger partial charge >= 0.3 is 0 Å². The molecule has 4 aromatic rings. The summed E-state index contributed by atoms with van der Waals surface area (Å²) in [6.07, 6.45) is 0. The van der Waals surface area contributed by atoms with E-state index in [1.54, 1.807) is 26.0 Å². The topological polar surface area (TPSA) is 59.5 Å². The third-order valence-corrected chi connectivity index (χ3v) is 7.02. The van der Waals surface area contributed by atoms with Crippen LogP contribution in [0.2, 0.25) is 5.15 Å². The average molecular weight is 509 g/mol. The van der Waals surface area contributed by atoms with Crippen molar-refractivity contribution in [3.05, 3.63) is 76.9 Å². The molecule has 35 heavy (non-hydrogen) atoms. The number of aromatic nitrogens is 2. The van der Waals surface area contributed by atoms with Crippen molar-refractivity contribution in [1.82, 2.24) is 15.1 Å². The predicted molar refractivity (Wildman–Crippen MR) is 144 cm³/mol. The molecule has 1 heterocycles. The highest BCUT2D eigenvalue weighted by Crippen LogP contribution is 2.38. The average Bonchev–Trinajstić information content (AvgIpc) is 2.86. The molecular weight excluding hydrogens is 480 g/mol. The first-order valence-electron chi connectivity index (χ1n) is 11.2. The Morgan fingerprint density at radius 3 is 2.37 bits per heavy atom. The Bertz CT molecular complexity index is 1330. The SMILES string of the molecule is COc1cc2c(Cl)nnc(N[C@H](C)c3cccc(Sc4ccccc4CN(C)C)c3)c2cc1OC. The summed E-state index contributed by atoms with van der Waals surface area (Å²) >= 11 is 8.12. The van der Waals surface area contributed by atoms with Crippen LogP contribution in [0.15, 0.2) is 70.5 Å². The molecule has 3 aromatic carbocycles. The van der Waals surface area contributed by atoms with Gasteiger partial charge in [0.2, 0.25) is 0 Å². The zero-order valence-corrected chi connectivity index (χ0v) is 22.1. The maximum absolute atomic E-state index is 6.35. The summed E-state index contributed by atoms with van der Waals surface area (Å²) in [5.74, 6) is 1.83. The molecule has 8 heteroatoms. The second-order valence-electron chi connectivity index (χ2n) is 8.48. The number of hydrogen-bond donors (Lipinski definition) is 1. The smallest absolute Gasteiger partial charge is 0.161 e. The van der Waals surface area contributed by atoms with Gasteiger partial charge in [-0.15, -0.1) is 10.2 Å². The lowest BCUT2D eigenvalue weighted by atomic mass is 10.1. The summed E-state index contributed by atoms with van der Waals surface area (Å²) < 4.78 is 10.9. The zero-order chi connectivity index (χ0) is 24.9. The van der Waals surface area contributed by atoms with E-state index < -0.39 is 0 Å². The molecule has 0 unspecified atom stereocenters. The molecule has 0 aliphatic carbocycles. The third kappa shape index (κ3) is 5.81. The molecule has 0 radical (unpaired) electrons. The fraction of sp³-hybridized carbons (Fsp3) is 0.259. The van der Waals surface area contributed by atoms with Gasteiger partial charge in [-0.3, -0.25) is 0 Å². The van der Waals surface area contributed by atoms with Crippen molar-refractivity contribution in [2.75, 3.05) is 33.6 Å². The molecule has 0 saturated heterocycles. The van der Waals surface area contributed by atoms with E-state index in [4.69, 9.17) is 21.1 Å². The number of benzene rings is 3. The molecule has 0 fully saturated rings. The standard InChI is InChI=1S/C27H29ClN4O2S/c1-17(29-27-22-15-24(34-5)23(33-4)14-21(22)26(28)30-31-27)18-10-8-11-20(13-18)35-25-12-7-6-9-19(25)16-32(2)3/h6-15,17H,16H2,1-5H3,(H,29,31)/t17-/m1/s1. The summed E-state index contributed by atoms with van der Waals surface area (Å²) in [4.78, 5) is 4.62. The predicted octanol–water partition coefficient (Wildman–Crippen LogP) is 6.69. The van der Waals surface area contributed by atoms with Crippen LogP contribution in [0.5, 0.6) is 11.5 Å². The molecule has 0 spiro atoms. The van der Waals surface area contributed by atoms with Gasteiger partial charge in [0.15, 0.2) is 22.5 Å². The van der Waals surface area contributed by atoms with Crippen LogP contribution in [0.4, 0.5) is 5.82 Å². The van der Waals surface area contributed by atoms with Gasteiger partial charge in [-0.05, 0) is 62.5 Å². The van der Waals surface area contributed by atoms with E-state index in [1.807, 2.05) is 12.1 Å². The molecule has 1 atom stereocenters. The van der Waals surface area contributed by atoms with Crippen LogP contribution in [0.1, 0.15) is 24.1 Å². The van der Waals surface area contributed by atoms with Crippen molar-refractivity contribution in [2.24, 2.45) is 0 Å². The maximum Gasteiger partial charge on any atom is 0.161 e. The summed E-state index contributed by atoms with van der Waals surface area (Å²) in [7, 11) is 7.38. The van der Waals surface area contributed by atoms with Crippen molar-refractivity contribution < 1.29 is 9.47 Å². The Kier molecular flexibility index (Phi) is 8.00. The first-order valence-corrected chi connectivity index (χ1v) is 12.4. The minimum Gasteiger partial charge on any atom is -0.493 e. The van der Waals surface area contributed by atoms with Crippen LogP contribution in [0.25, 0.3) is 10.8 Å². The molecule has 0 amide bonds. The Morgan fingerprint density at radius 2 is 1.66 bits per heavy atom. The molecule has 0 aliphatic rings. The van der Waals surface area contributed by atoms with E-state index in [0.717, 1.165) is 22.9 Å².